The van der Waals surface area contributed by atoms with E-state index >= 15 is 0 Å². The summed E-state index contributed by atoms with van der Waals surface area (Å²) in [5.41, 5.74) is 10.1. The zero-order chi connectivity index (χ0) is 12.6. The second kappa shape index (κ2) is 4.22. The maximum absolute atomic E-state index is 11.2. The fourth-order valence-corrected chi connectivity index (χ4v) is 2.70. The summed E-state index contributed by atoms with van der Waals surface area (Å²) in [6.07, 6.45) is 2.24. The predicted octanol–water partition coefficient (Wildman–Crippen LogP) is 0.984. The molecule has 5 heteroatoms. The van der Waals surface area contributed by atoms with Crippen LogP contribution in [0.4, 0.5) is 11.4 Å². The standard InChI is InChI=1S/C12H18N2O2S/c1-9-7-10-3-4-14(5-6-17(2,15)16)12(10)8-11(9)13/h7-8H,3-6,13H2,1-2H3. The molecular formula is C12H18N2O2S. The van der Waals surface area contributed by atoms with Gasteiger partial charge in [-0.1, -0.05) is 6.07 Å². The molecule has 0 atom stereocenters. The van der Waals surface area contributed by atoms with Crippen molar-refractivity contribution in [2.45, 2.75) is 13.3 Å². The number of fused-ring (bicyclic) bond motifs is 1. The van der Waals surface area contributed by atoms with Crippen LogP contribution in [0.25, 0.3) is 0 Å². The normalized spacial score (nSPS) is 15.1. The van der Waals surface area contributed by atoms with Crippen LogP contribution in [-0.2, 0) is 16.3 Å². The molecule has 4 nitrogen and oxygen atoms in total. The minimum absolute atomic E-state index is 0.195. The minimum atomic E-state index is -2.91. The van der Waals surface area contributed by atoms with Crippen molar-refractivity contribution in [3.05, 3.63) is 23.3 Å². The van der Waals surface area contributed by atoms with Crippen molar-refractivity contribution in [2.24, 2.45) is 0 Å². The number of rotatable bonds is 3. The molecule has 1 heterocycles. The molecule has 0 radical (unpaired) electrons. The first-order valence-electron chi connectivity index (χ1n) is 5.68. The van der Waals surface area contributed by atoms with Crippen LogP contribution in [0, 0.1) is 6.92 Å². The lowest BCUT2D eigenvalue weighted by atomic mass is 10.1. The van der Waals surface area contributed by atoms with Gasteiger partial charge >= 0.3 is 0 Å². The summed E-state index contributed by atoms with van der Waals surface area (Å²) in [7, 11) is -2.91. The molecule has 0 spiro atoms. The number of hydrogen-bond acceptors (Lipinski definition) is 4. The Kier molecular flexibility index (Phi) is 3.03. The summed E-state index contributed by atoms with van der Waals surface area (Å²) in [4.78, 5) is 2.10. The number of sulfone groups is 1. The molecule has 0 bridgehead atoms. The third kappa shape index (κ3) is 2.72. The van der Waals surface area contributed by atoms with Crippen LogP contribution >= 0.6 is 0 Å². The maximum atomic E-state index is 11.2. The number of nitrogens with two attached hydrogens (primary N) is 1. The Hall–Kier alpha value is -1.23. The molecule has 1 aromatic carbocycles. The summed E-state index contributed by atoms with van der Waals surface area (Å²) in [6, 6.07) is 4.06. The van der Waals surface area contributed by atoms with Crippen LogP contribution in [0.5, 0.6) is 0 Å². The average molecular weight is 254 g/mol. The van der Waals surface area contributed by atoms with E-state index in [4.69, 9.17) is 5.73 Å². The summed E-state index contributed by atoms with van der Waals surface area (Å²) >= 11 is 0. The monoisotopic (exact) mass is 254 g/mol. The summed E-state index contributed by atoms with van der Waals surface area (Å²) in [6.45, 7) is 3.43. The highest BCUT2D eigenvalue weighted by molar-refractivity contribution is 7.90. The van der Waals surface area contributed by atoms with Gasteiger partial charge in [0.25, 0.3) is 0 Å². The SMILES string of the molecule is Cc1cc2c(cc1N)N(CCS(C)(=O)=O)CC2. The molecule has 0 amide bonds. The highest BCUT2D eigenvalue weighted by Gasteiger charge is 2.20. The Labute approximate surface area is 102 Å². The van der Waals surface area contributed by atoms with Crippen molar-refractivity contribution in [1.82, 2.24) is 0 Å². The highest BCUT2D eigenvalue weighted by Crippen LogP contribution is 2.31. The second-order valence-corrected chi connectivity index (χ2v) is 6.96. The van der Waals surface area contributed by atoms with E-state index in [1.165, 1.54) is 11.8 Å². The molecule has 0 saturated carbocycles. The van der Waals surface area contributed by atoms with E-state index in [0.717, 1.165) is 29.9 Å². The summed E-state index contributed by atoms with van der Waals surface area (Å²) in [5.74, 6) is 0.195. The van der Waals surface area contributed by atoms with Gasteiger partial charge in [-0.25, -0.2) is 8.42 Å². The van der Waals surface area contributed by atoms with Gasteiger partial charge in [-0.05, 0) is 30.5 Å². The van der Waals surface area contributed by atoms with Crippen LogP contribution in [0.3, 0.4) is 0 Å². The Bertz CT molecular complexity index is 538. The van der Waals surface area contributed by atoms with Crippen molar-refractivity contribution >= 4 is 21.2 Å². The number of aryl methyl sites for hydroxylation is 1. The smallest absolute Gasteiger partial charge is 0.149 e. The molecule has 17 heavy (non-hydrogen) atoms. The van der Waals surface area contributed by atoms with Gasteiger partial charge in [0.2, 0.25) is 0 Å². The van der Waals surface area contributed by atoms with Crippen LogP contribution in [-0.4, -0.2) is 33.5 Å². The average Bonchev–Trinajstić information content (AvgIpc) is 2.57. The van der Waals surface area contributed by atoms with Crippen molar-refractivity contribution < 1.29 is 8.42 Å². The van der Waals surface area contributed by atoms with Crippen LogP contribution in [0.2, 0.25) is 0 Å². The molecule has 0 saturated heterocycles. The van der Waals surface area contributed by atoms with E-state index in [-0.39, 0.29) is 5.75 Å². The lowest BCUT2D eigenvalue weighted by Gasteiger charge is -2.19. The van der Waals surface area contributed by atoms with Gasteiger partial charge < -0.3 is 10.6 Å². The molecule has 1 aromatic rings. The van der Waals surface area contributed by atoms with Crippen LogP contribution in [0.15, 0.2) is 12.1 Å². The molecule has 2 rings (SSSR count). The first-order chi connectivity index (χ1) is 7.87. The highest BCUT2D eigenvalue weighted by atomic mass is 32.2. The van der Waals surface area contributed by atoms with Crippen LogP contribution in [0.1, 0.15) is 11.1 Å². The Morgan fingerprint density at radius 3 is 2.76 bits per heavy atom. The predicted molar refractivity (Wildman–Crippen MR) is 71.2 cm³/mol. The van der Waals surface area contributed by atoms with Gasteiger partial charge in [-0.15, -0.1) is 0 Å². The van der Waals surface area contributed by atoms with E-state index < -0.39 is 9.84 Å². The summed E-state index contributed by atoms with van der Waals surface area (Å²) < 4.78 is 22.3. The quantitative estimate of drug-likeness (QED) is 0.817. The molecule has 1 aliphatic rings. The van der Waals surface area contributed by atoms with Gasteiger partial charge in [0, 0.05) is 30.7 Å². The molecule has 94 valence electrons. The maximum Gasteiger partial charge on any atom is 0.149 e. The molecule has 2 N–H and O–H groups in total. The number of benzene rings is 1. The second-order valence-electron chi connectivity index (χ2n) is 4.70. The molecule has 0 aliphatic carbocycles. The van der Waals surface area contributed by atoms with Crippen molar-refractivity contribution in [3.63, 3.8) is 0 Å². The largest absolute Gasteiger partial charge is 0.398 e. The van der Waals surface area contributed by atoms with Gasteiger partial charge in [0.05, 0.1) is 5.75 Å². The molecule has 0 aromatic heterocycles. The van der Waals surface area contributed by atoms with Gasteiger partial charge in [-0.2, -0.15) is 0 Å². The molecular weight excluding hydrogens is 236 g/mol. The Balaban J connectivity index is 2.19. The van der Waals surface area contributed by atoms with E-state index in [9.17, 15) is 8.42 Å². The Morgan fingerprint density at radius 1 is 1.41 bits per heavy atom. The van der Waals surface area contributed by atoms with Crippen LogP contribution < -0.4 is 10.6 Å². The zero-order valence-electron chi connectivity index (χ0n) is 10.2. The topological polar surface area (TPSA) is 63.4 Å². The molecule has 1 aliphatic heterocycles. The fraction of sp³-hybridized carbons (Fsp3) is 0.500. The number of hydrogen-bond donors (Lipinski definition) is 1. The lowest BCUT2D eigenvalue weighted by Crippen LogP contribution is -2.27. The third-order valence-electron chi connectivity index (χ3n) is 3.19. The van der Waals surface area contributed by atoms with Gasteiger partial charge in [-0.3, -0.25) is 0 Å². The van der Waals surface area contributed by atoms with Gasteiger partial charge in [0.15, 0.2) is 0 Å². The summed E-state index contributed by atoms with van der Waals surface area (Å²) in [5, 5.41) is 0. The van der Waals surface area contributed by atoms with E-state index in [1.54, 1.807) is 0 Å². The van der Waals surface area contributed by atoms with E-state index in [1.807, 2.05) is 13.0 Å². The van der Waals surface area contributed by atoms with Crippen molar-refractivity contribution in [1.29, 1.82) is 0 Å². The lowest BCUT2D eigenvalue weighted by molar-refractivity contribution is 0.600. The third-order valence-corrected chi connectivity index (χ3v) is 4.12. The number of nitrogen functional groups attached to an aromatic ring is 1. The molecule has 0 fully saturated rings. The van der Waals surface area contributed by atoms with E-state index in [0.29, 0.717) is 6.54 Å². The molecule has 0 unspecified atom stereocenters. The van der Waals surface area contributed by atoms with Crippen molar-refractivity contribution in [2.75, 3.05) is 35.7 Å². The Morgan fingerprint density at radius 2 is 2.12 bits per heavy atom. The number of nitrogens with zero attached hydrogens (tertiary/aromatic N) is 1. The van der Waals surface area contributed by atoms with Crippen molar-refractivity contribution in [3.8, 4) is 0 Å². The fourth-order valence-electron chi connectivity index (χ4n) is 2.15. The van der Waals surface area contributed by atoms with Gasteiger partial charge in [0.1, 0.15) is 9.84 Å². The van der Waals surface area contributed by atoms with E-state index in [2.05, 4.69) is 11.0 Å². The first-order valence-corrected chi connectivity index (χ1v) is 7.74. The number of anilines is 2. The zero-order valence-corrected chi connectivity index (χ0v) is 11.0. The minimum Gasteiger partial charge on any atom is -0.398 e. The first kappa shape index (κ1) is 12.2.